The highest BCUT2D eigenvalue weighted by atomic mass is 79.9. The third-order valence-corrected chi connectivity index (χ3v) is 6.40. The van der Waals surface area contributed by atoms with Crippen LogP contribution in [0.2, 0.25) is 5.02 Å². The maximum absolute atomic E-state index is 13.3. The van der Waals surface area contributed by atoms with Gasteiger partial charge in [0.05, 0.1) is 4.47 Å². The van der Waals surface area contributed by atoms with E-state index in [2.05, 4.69) is 21.2 Å². The van der Waals surface area contributed by atoms with Crippen molar-refractivity contribution in [3.05, 3.63) is 75.7 Å². The fraction of sp³-hybridized carbons (Fsp3) is 0.280. The lowest BCUT2D eigenvalue weighted by Crippen LogP contribution is -2.50. The number of carbonyl (C=O) groups excluding carboxylic acids is 2. The average Bonchev–Trinajstić information content (AvgIpc) is 2.80. The Morgan fingerprint density at radius 1 is 1.06 bits per heavy atom. The lowest BCUT2D eigenvalue weighted by molar-refractivity contribution is -0.142. The monoisotopic (exact) mass is 516 g/mol. The number of hydrogen-bond donors (Lipinski definition) is 1. The van der Waals surface area contributed by atoms with Gasteiger partial charge in [-0.3, -0.25) is 9.59 Å². The van der Waals surface area contributed by atoms with Gasteiger partial charge in [0.25, 0.3) is 5.91 Å². The zero-order valence-electron chi connectivity index (χ0n) is 18.1. The quantitative estimate of drug-likeness (QED) is 0.403. The van der Waals surface area contributed by atoms with E-state index in [0.717, 1.165) is 20.8 Å². The number of carbonyl (C=O) groups is 2. The van der Waals surface area contributed by atoms with E-state index in [4.69, 9.17) is 16.3 Å². The lowest BCUT2D eigenvalue weighted by Gasteiger charge is -2.30. The summed E-state index contributed by atoms with van der Waals surface area (Å²) in [7, 11) is 0. The smallest absolute Gasteiger partial charge is 0.261 e. The molecule has 2 amide bonds. The lowest BCUT2D eigenvalue weighted by atomic mass is 10.1. The Hall–Kier alpha value is -2.57. The van der Waals surface area contributed by atoms with Gasteiger partial charge in [-0.2, -0.15) is 0 Å². The fourth-order valence-electron chi connectivity index (χ4n) is 3.57. The molecule has 168 valence electrons. The van der Waals surface area contributed by atoms with Gasteiger partial charge in [0.15, 0.2) is 6.61 Å². The van der Waals surface area contributed by atoms with E-state index < -0.39 is 6.04 Å². The summed E-state index contributed by atoms with van der Waals surface area (Å²) in [6.07, 6.45) is 0.474. The third-order valence-electron chi connectivity index (χ3n) is 5.21. The second kappa shape index (κ2) is 11.3. The number of likely N-dealkylation sites (N-methyl/N-ethyl adjacent to an activating group) is 1. The van der Waals surface area contributed by atoms with Gasteiger partial charge >= 0.3 is 0 Å². The molecular formula is C25H26BrClN2O3. The molecule has 0 aliphatic carbocycles. The van der Waals surface area contributed by atoms with Crippen LogP contribution in [0.15, 0.2) is 65.1 Å². The van der Waals surface area contributed by atoms with Gasteiger partial charge < -0.3 is 15.0 Å². The molecule has 0 bridgehead atoms. The summed E-state index contributed by atoms with van der Waals surface area (Å²) in [5.74, 6) is 0.0890. The SMILES string of the molecule is CCNC(=O)C(CC)N(Cc1ccccc1Cl)C(=O)COc1ccc2ccccc2c1Br. The molecule has 0 aromatic heterocycles. The molecule has 7 heteroatoms. The number of nitrogens with zero attached hydrogens (tertiary/aromatic N) is 1. The molecule has 32 heavy (non-hydrogen) atoms. The summed E-state index contributed by atoms with van der Waals surface area (Å²) in [6.45, 7) is 4.25. The number of hydrogen-bond acceptors (Lipinski definition) is 3. The summed E-state index contributed by atoms with van der Waals surface area (Å²) >= 11 is 9.92. The van der Waals surface area contributed by atoms with Crippen LogP contribution < -0.4 is 10.1 Å². The highest BCUT2D eigenvalue weighted by Gasteiger charge is 2.29. The minimum absolute atomic E-state index is 0.192. The molecule has 5 nitrogen and oxygen atoms in total. The van der Waals surface area contributed by atoms with Crippen LogP contribution >= 0.6 is 27.5 Å². The Balaban J connectivity index is 1.83. The van der Waals surface area contributed by atoms with Crippen LogP contribution in [0.1, 0.15) is 25.8 Å². The summed E-state index contributed by atoms with van der Waals surface area (Å²) in [5, 5.41) is 5.44. The van der Waals surface area contributed by atoms with Crippen LogP contribution in [0.25, 0.3) is 10.8 Å². The van der Waals surface area contributed by atoms with Crippen molar-refractivity contribution in [1.82, 2.24) is 10.2 Å². The first kappa shape index (κ1) is 24.1. The van der Waals surface area contributed by atoms with Crippen LogP contribution in [0.5, 0.6) is 5.75 Å². The van der Waals surface area contributed by atoms with Gasteiger partial charge in [-0.1, -0.05) is 67.1 Å². The maximum Gasteiger partial charge on any atom is 0.261 e. The first-order valence-corrected chi connectivity index (χ1v) is 11.7. The molecule has 3 aromatic carbocycles. The molecule has 0 spiro atoms. The molecule has 0 aliphatic heterocycles. The number of fused-ring (bicyclic) bond motifs is 1. The van der Waals surface area contributed by atoms with Crippen LogP contribution in [0.3, 0.4) is 0 Å². The largest absolute Gasteiger partial charge is 0.483 e. The molecule has 3 rings (SSSR count). The van der Waals surface area contributed by atoms with Crippen molar-refractivity contribution in [2.45, 2.75) is 32.9 Å². The zero-order valence-corrected chi connectivity index (χ0v) is 20.4. The molecule has 3 aromatic rings. The first-order chi connectivity index (χ1) is 15.5. The van der Waals surface area contributed by atoms with Gasteiger partial charge in [-0.25, -0.2) is 0 Å². The van der Waals surface area contributed by atoms with Crippen molar-refractivity contribution in [2.75, 3.05) is 13.2 Å². The standard InChI is InChI=1S/C25H26BrClN2O3/c1-3-21(25(31)28-4-2)29(15-18-10-6-8-12-20(18)27)23(30)16-32-22-14-13-17-9-5-7-11-19(17)24(22)26/h5-14,21H,3-4,15-16H2,1-2H3,(H,28,31). The molecule has 1 N–H and O–H groups in total. The Kier molecular flexibility index (Phi) is 8.53. The predicted octanol–water partition coefficient (Wildman–Crippen LogP) is 5.58. The molecule has 0 aliphatic rings. The summed E-state index contributed by atoms with van der Waals surface area (Å²) in [4.78, 5) is 27.5. The number of amides is 2. The van der Waals surface area contributed by atoms with Crippen LogP contribution in [-0.4, -0.2) is 35.9 Å². The average molecular weight is 518 g/mol. The van der Waals surface area contributed by atoms with Gasteiger partial charge in [0.2, 0.25) is 5.91 Å². The number of rotatable bonds is 9. The van der Waals surface area contributed by atoms with Gasteiger partial charge in [-0.15, -0.1) is 0 Å². The Morgan fingerprint density at radius 3 is 2.50 bits per heavy atom. The fourth-order valence-corrected chi connectivity index (χ4v) is 4.37. The summed E-state index contributed by atoms with van der Waals surface area (Å²) in [5.41, 5.74) is 0.775. The first-order valence-electron chi connectivity index (χ1n) is 10.6. The highest BCUT2D eigenvalue weighted by molar-refractivity contribution is 9.10. The van der Waals surface area contributed by atoms with Crippen molar-refractivity contribution in [2.24, 2.45) is 0 Å². The third kappa shape index (κ3) is 5.61. The van der Waals surface area contributed by atoms with Crippen molar-refractivity contribution in [3.63, 3.8) is 0 Å². The number of benzene rings is 3. The van der Waals surface area contributed by atoms with Crippen LogP contribution in [0, 0.1) is 0 Å². The minimum atomic E-state index is -0.623. The molecule has 0 saturated heterocycles. The number of ether oxygens (including phenoxy) is 1. The second-order valence-electron chi connectivity index (χ2n) is 7.32. The van der Waals surface area contributed by atoms with E-state index in [1.807, 2.05) is 68.4 Å². The van der Waals surface area contributed by atoms with Crippen LogP contribution in [-0.2, 0) is 16.1 Å². The molecule has 1 atom stereocenters. The molecule has 0 saturated carbocycles. The molecular weight excluding hydrogens is 492 g/mol. The maximum atomic E-state index is 13.3. The van der Waals surface area contributed by atoms with E-state index >= 15 is 0 Å². The van der Waals surface area contributed by atoms with E-state index in [1.165, 1.54) is 0 Å². The second-order valence-corrected chi connectivity index (χ2v) is 8.52. The molecule has 1 unspecified atom stereocenters. The van der Waals surface area contributed by atoms with Crippen LogP contribution in [0.4, 0.5) is 0 Å². The molecule has 0 fully saturated rings. The Bertz CT molecular complexity index is 1110. The van der Waals surface area contributed by atoms with E-state index in [-0.39, 0.29) is 25.0 Å². The van der Waals surface area contributed by atoms with Gasteiger partial charge in [-0.05, 0) is 57.7 Å². The van der Waals surface area contributed by atoms with Gasteiger partial charge in [0.1, 0.15) is 11.8 Å². The predicted molar refractivity (Wildman–Crippen MR) is 132 cm³/mol. The topological polar surface area (TPSA) is 58.6 Å². The van der Waals surface area contributed by atoms with Crippen molar-refractivity contribution in [3.8, 4) is 5.75 Å². The molecule has 0 radical (unpaired) electrons. The Labute approximate surface area is 201 Å². The number of nitrogens with one attached hydrogen (secondary N) is 1. The normalized spacial score (nSPS) is 11.8. The summed E-state index contributed by atoms with van der Waals surface area (Å²) < 4.78 is 6.68. The molecule has 0 heterocycles. The van der Waals surface area contributed by atoms with E-state index in [1.54, 1.807) is 11.0 Å². The minimum Gasteiger partial charge on any atom is -0.483 e. The van der Waals surface area contributed by atoms with Gasteiger partial charge in [0, 0.05) is 18.1 Å². The summed E-state index contributed by atoms with van der Waals surface area (Å²) in [6, 6.07) is 18.4. The Morgan fingerprint density at radius 2 is 1.78 bits per heavy atom. The van der Waals surface area contributed by atoms with Crippen molar-refractivity contribution < 1.29 is 14.3 Å². The highest BCUT2D eigenvalue weighted by Crippen LogP contribution is 2.33. The van der Waals surface area contributed by atoms with E-state index in [9.17, 15) is 9.59 Å². The zero-order chi connectivity index (χ0) is 23.1. The number of halogens is 2. The van der Waals surface area contributed by atoms with E-state index in [0.29, 0.717) is 23.7 Å². The van der Waals surface area contributed by atoms with Crippen molar-refractivity contribution >= 4 is 50.1 Å². The van der Waals surface area contributed by atoms with Crippen molar-refractivity contribution in [1.29, 1.82) is 0 Å².